The van der Waals surface area contributed by atoms with Gasteiger partial charge < -0.3 is 11.1 Å². The predicted octanol–water partition coefficient (Wildman–Crippen LogP) is 3.21. The topological polar surface area (TPSA) is 55.1 Å². The van der Waals surface area contributed by atoms with Gasteiger partial charge in [0, 0.05) is 6.54 Å². The van der Waals surface area contributed by atoms with Crippen molar-refractivity contribution >= 4 is 18.3 Å². The summed E-state index contributed by atoms with van der Waals surface area (Å²) >= 11 is 0. The van der Waals surface area contributed by atoms with Crippen molar-refractivity contribution in [1.82, 2.24) is 5.32 Å². The number of benzene rings is 1. The number of nitrogens with two attached hydrogens (primary N) is 1. The lowest BCUT2D eigenvalue weighted by Crippen LogP contribution is -2.51. The van der Waals surface area contributed by atoms with Gasteiger partial charge >= 0.3 is 0 Å². The van der Waals surface area contributed by atoms with Crippen LogP contribution in [0.15, 0.2) is 12.1 Å². The summed E-state index contributed by atoms with van der Waals surface area (Å²) < 4.78 is 0. The monoisotopic (exact) mass is 312 g/mol. The van der Waals surface area contributed by atoms with Gasteiger partial charge in [0.2, 0.25) is 5.91 Å². The van der Waals surface area contributed by atoms with Crippen molar-refractivity contribution in [2.45, 2.75) is 59.4 Å². The van der Waals surface area contributed by atoms with Crippen molar-refractivity contribution in [3.63, 3.8) is 0 Å². The van der Waals surface area contributed by atoms with Crippen LogP contribution >= 0.6 is 12.4 Å². The van der Waals surface area contributed by atoms with E-state index in [1.165, 1.54) is 22.3 Å². The summed E-state index contributed by atoms with van der Waals surface area (Å²) in [7, 11) is 0. The summed E-state index contributed by atoms with van der Waals surface area (Å²) in [5, 5.41) is 2.96. The molecule has 3 N–H and O–H groups in total. The Bertz CT molecular complexity index is 461. The number of rotatable bonds is 6. The van der Waals surface area contributed by atoms with Gasteiger partial charge in [-0.3, -0.25) is 4.79 Å². The number of halogens is 1. The molecular formula is C17H29ClN2O. The number of nitrogens with one attached hydrogen (secondary N) is 1. The second kappa shape index (κ2) is 8.40. The van der Waals surface area contributed by atoms with E-state index >= 15 is 0 Å². The van der Waals surface area contributed by atoms with E-state index < -0.39 is 5.54 Å². The summed E-state index contributed by atoms with van der Waals surface area (Å²) in [6.45, 7) is 10.8. The van der Waals surface area contributed by atoms with Crippen LogP contribution in [0, 0.1) is 20.8 Å². The first kappa shape index (κ1) is 19.9. The molecule has 0 fully saturated rings. The van der Waals surface area contributed by atoms with Crippen LogP contribution in [-0.4, -0.2) is 18.0 Å². The summed E-state index contributed by atoms with van der Waals surface area (Å²) in [6, 6.07) is 4.38. The van der Waals surface area contributed by atoms with Gasteiger partial charge in [-0.2, -0.15) is 0 Å². The maximum Gasteiger partial charge on any atom is 0.239 e. The Morgan fingerprint density at radius 3 is 2.24 bits per heavy atom. The van der Waals surface area contributed by atoms with Gasteiger partial charge in [0.15, 0.2) is 0 Å². The molecule has 1 aromatic rings. The zero-order valence-corrected chi connectivity index (χ0v) is 14.7. The minimum Gasteiger partial charge on any atom is -0.354 e. The molecule has 0 aromatic heterocycles. The lowest BCUT2D eigenvalue weighted by Gasteiger charge is -2.23. The third-order valence-corrected chi connectivity index (χ3v) is 3.79. The highest BCUT2D eigenvalue weighted by Crippen LogP contribution is 2.16. The van der Waals surface area contributed by atoms with Gasteiger partial charge in [0.05, 0.1) is 5.54 Å². The fraction of sp³-hybridized carbons (Fsp3) is 0.588. The van der Waals surface area contributed by atoms with E-state index in [4.69, 9.17) is 5.73 Å². The normalized spacial score (nSPS) is 13.2. The lowest BCUT2D eigenvalue weighted by atomic mass is 9.95. The maximum absolute atomic E-state index is 12.0. The predicted molar refractivity (Wildman–Crippen MR) is 92.1 cm³/mol. The second-order valence-electron chi connectivity index (χ2n) is 6.05. The first-order chi connectivity index (χ1) is 9.27. The first-order valence-electron chi connectivity index (χ1n) is 7.42. The molecule has 0 aliphatic carbocycles. The minimum atomic E-state index is -0.758. The molecule has 4 heteroatoms. The van der Waals surface area contributed by atoms with Crippen LogP contribution in [0.2, 0.25) is 0 Å². The van der Waals surface area contributed by atoms with E-state index in [1.807, 2.05) is 6.92 Å². The summed E-state index contributed by atoms with van der Waals surface area (Å²) in [5.74, 6) is -0.0539. The van der Waals surface area contributed by atoms with Crippen molar-refractivity contribution in [2.75, 3.05) is 6.54 Å². The van der Waals surface area contributed by atoms with Crippen molar-refractivity contribution in [3.8, 4) is 0 Å². The molecule has 0 aliphatic heterocycles. The highest BCUT2D eigenvalue weighted by atomic mass is 35.5. The van der Waals surface area contributed by atoms with Gasteiger partial charge in [-0.1, -0.05) is 31.0 Å². The maximum atomic E-state index is 12.0. The third kappa shape index (κ3) is 5.68. The van der Waals surface area contributed by atoms with Crippen LogP contribution < -0.4 is 11.1 Å². The van der Waals surface area contributed by atoms with Crippen LogP contribution in [0.1, 0.15) is 48.9 Å². The molecule has 0 heterocycles. The van der Waals surface area contributed by atoms with Crippen LogP contribution in [0.25, 0.3) is 0 Å². The second-order valence-corrected chi connectivity index (χ2v) is 6.05. The molecule has 1 rings (SSSR count). The molecule has 0 saturated carbocycles. The van der Waals surface area contributed by atoms with Crippen LogP contribution in [0.4, 0.5) is 0 Å². The molecular weight excluding hydrogens is 284 g/mol. The third-order valence-electron chi connectivity index (χ3n) is 3.79. The number of hydrogen-bond acceptors (Lipinski definition) is 2. The van der Waals surface area contributed by atoms with E-state index in [2.05, 4.69) is 38.2 Å². The van der Waals surface area contributed by atoms with Crippen molar-refractivity contribution in [1.29, 1.82) is 0 Å². The fourth-order valence-corrected chi connectivity index (χ4v) is 2.74. The molecule has 21 heavy (non-hydrogen) atoms. The number of amides is 1. The largest absolute Gasteiger partial charge is 0.354 e. The highest BCUT2D eigenvalue weighted by molar-refractivity contribution is 5.85. The Kier molecular flexibility index (Phi) is 7.98. The molecule has 1 unspecified atom stereocenters. The molecule has 0 spiro atoms. The van der Waals surface area contributed by atoms with Gasteiger partial charge in [-0.25, -0.2) is 0 Å². The Balaban J connectivity index is 0.00000400. The summed E-state index contributed by atoms with van der Waals surface area (Å²) in [6.07, 6.45) is 2.48. The van der Waals surface area contributed by atoms with Gasteiger partial charge in [0.25, 0.3) is 0 Å². The van der Waals surface area contributed by atoms with Gasteiger partial charge in [-0.15, -0.1) is 12.4 Å². The average molecular weight is 313 g/mol. The van der Waals surface area contributed by atoms with Gasteiger partial charge in [-0.05, 0) is 57.2 Å². The number of aryl methyl sites for hydroxylation is 3. The quantitative estimate of drug-likeness (QED) is 0.847. The molecule has 3 nitrogen and oxygen atoms in total. The first-order valence-corrected chi connectivity index (χ1v) is 7.42. The molecule has 0 saturated heterocycles. The van der Waals surface area contributed by atoms with E-state index in [0.29, 0.717) is 13.0 Å². The van der Waals surface area contributed by atoms with Gasteiger partial charge in [0.1, 0.15) is 0 Å². The van der Waals surface area contributed by atoms with Crippen molar-refractivity contribution in [3.05, 3.63) is 34.4 Å². The van der Waals surface area contributed by atoms with Crippen LogP contribution in [-0.2, 0) is 11.2 Å². The molecule has 0 bridgehead atoms. The summed E-state index contributed by atoms with van der Waals surface area (Å²) in [4.78, 5) is 12.0. The summed E-state index contributed by atoms with van der Waals surface area (Å²) in [5.41, 5.74) is 10.5. The van der Waals surface area contributed by atoms with Crippen molar-refractivity contribution in [2.24, 2.45) is 5.73 Å². The van der Waals surface area contributed by atoms with E-state index in [0.717, 1.165) is 12.8 Å². The molecule has 1 atom stereocenters. The number of carbonyl (C=O) groups is 1. The number of hydrogen-bond donors (Lipinski definition) is 2. The molecule has 0 aliphatic rings. The molecule has 1 amide bonds. The number of carbonyl (C=O) groups excluding carboxylic acids is 1. The lowest BCUT2D eigenvalue weighted by molar-refractivity contribution is -0.126. The highest BCUT2D eigenvalue weighted by Gasteiger charge is 2.26. The Labute approximate surface area is 135 Å². The smallest absolute Gasteiger partial charge is 0.239 e. The van der Waals surface area contributed by atoms with E-state index in [1.54, 1.807) is 6.92 Å². The molecule has 120 valence electrons. The standard InChI is InChI=1S/C17H28N2O.ClH/c1-6-8-17(5,18)16(20)19-9-7-15-13(3)10-12(2)11-14(15)4;/h10-11H,6-9,18H2,1-5H3,(H,19,20);1H. The van der Waals surface area contributed by atoms with Crippen molar-refractivity contribution < 1.29 is 4.79 Å². The Hall–Kier alpha value is -1.06. The molecule has 0 radical (unpaired) electrons. The fourth-order valence-electron chi connectivity index (χ4n) is 2.74. The SMILES string of the molecule is CCCC(C)(N)C(=O)NCCc1c(C)cc(C)cc1C.Cl. The zero-order valence-electron chi connectivity index (χ0n) is 13.9. The average Bonchev–Trinajstić information content (AvgIpc) is 2.31. The zero-order chi connectivity index (χ0) is 15.3. The minimum absolute atomic E-state index is 0. The van der Waals surface area contributed by atoms with E-state index in [-0.39, 0.29) is 18.3 Å². The molecule has 1 aromatic carbocycles. The van der Waals surface area contributed by atoms with Crippen LogP contribution in [0.3, 0.4) is 0 Å². The Morgan fingerprint density at radius 2 is 1.76 bits per heavy atom. The van der Waals surface area contributed by atoms with E-state index in [9.17, 15) is 4.79 Å². The van der Waals surface area contributed by atoms with Crippen LogP contribution in [0.5, 0.6) is 0 Å². The Morgan fingerprint density at radius 1 is 1.24 bits per heavy atom.